The van der Waals surface area contributed by atoms with E-state index in [1.165, 1.54) is 9.91 Å². The van der Waals surface area contributed by atoms with E-state index in [0.717, 1.165) is 19.3 Å². The molecular weight excluding hydrogens is 372 g/mol. The number of benzene rings is 1. The van der Waals surface area contributed by atoms with Crippen LogP contribution in [0.4, 0.5) is 5.69 Å². The molecule has 2 amide bonds. The monoisotopic (exact) mass is 396 g/mol. The summed E-state index contributed by atoms with van der Waals surface area (Å²) in [5, 5.41) is 14.9. The van der Waals surface area contributed by atoms with Crippen molar-refractivity contribution in [1.29, 1.82) is 5.26 Å². The van der Waals surface area contributed by atoms with Gasteiger partial charge in [0.25, 0.3) is 5.91 Å². The Bertz CT molecular complexity index is 853. The van der Waals surface area contributed by atoms with Crippen molar-refractivity contribution in [1.82, 2.24) is 4.90 Å². The SMILES string of the molecule is CN(C(=O)COC(=O)C1=NN(c2ccccc2)C(=O)CC1)C1(C#N)CCCCC1. The fraction of sp³-hybridized carbons (Fsp3) is 0.476. The van der Waals surface area contributed by atoms with Gasteiger partial charge in [-0.3, -0.25) is 9.59 Å². The van der Waals surface area contributed by atoms with E-state index in [0.29, 0.717) is 18.5 Å². The summed E-state index contributed by atoms with van der Waals surface area (Å²) in [5.41, 5.74) is -0.177. The number of anilines is 1. The van der Waals surface area contributed by atoms with Gasteiger partial charge in [0.15, 0.2) is 6.61 Å². The van der Waals surface area contributed by atoms with E-state index < -0.39 is 24.0 Å². The van der Waals surface area contributed by atoms with Crippen molar-refractivity contribution in [2.75, 3.05) is 18.7 Å². The minimum Gasteiger partial charge on any atom is -0.451 e. The summed E-state index contributed by atoms with van der Waals surface area (Å²) < 4.78 is 5.16. The lowest BCUT2D eigenvalue weighted by Crippen LogP contribution is -2.51. The minimum absolute atomic E-state index is 0.0940. The highest BCUT2D eigenvalue weighted by molar-refractivity contribution is 6.38. The predicted molar refractivity (Wildman–Crippen MR) is 106 cm³/mol. The minimum atomic E-state index is -0.833. The van der Waals surface area contributed by atoms with E-state index in [9.17, 15) is 19.6 Å². The summed E-state index contributed by atoms with van der Waals surface area (Å²) in [7, 11) is 1.58. The van der Waals surface area contributed by atoms with Gasteiger partial charge in [0.05, 0.1) is 11.8 Å². The fourth-order valence-corrected chi connectivity index (χ4v) is 3.68. The highest BCUT2D eigenvalue weighted by Gasteiger charge is 2.39. The number of carbonyl (C=O) groups is 3. The van der Waals surface area contributed by atoms with Crippen LogP contribution >= 0.6 is 0 Å². The topological polar surface area (TPSA) is 103 Å². The molecule has 0 bridgehead atoms. The van der Waals surface area contributed by atoms with Crippen molar-refractivity contribution in [3.63, 3.8) is 0 Å². The molecule has 1 saturated carbocycles. The molecule has 0 N–H and O–H groups in total. The molecule has 1 aliphatic carbocycles. The first-order chi connectivity index (χ1) is 14.0. The molecule has 2 aliphatic rings. The van der Waals surface area contributed by atoms with E-state index >= 15 is 0 Å². The van der Waals surface area contributed by atoms with Crippen LogP contribution in [0.2, 0.25) is 0 Å². The molecule has 1 aromatic carbocycles. The lowest BCUT2D eigenvalue weighted by atomic mass is 9.81. The van der Waals surface area contributed by atoms with E-state index in [-0.39, 0.29) is 24.5 Å². The summed E-state index contributed by atoms with van der Waals surface area (Å²) >= 11 is 0. The second-order valence-electron chi connectivity index (χ2n) is 7.32. The zero-order chi connectivity index (χ0) is 20.9. The Hall–Kier alpha value is -3.21. The number of hydrogen-bond acceptors (Lipinski definition) is 6. The van der Waals surface area contributed by atoms with Gasteiger partial charge in [-0.05, 0) is 25.0 Å². The number of hydrazone groups is 1. The van der Waals surface area contributed by atoms with Crippen molar-refractivity contribution in [3.8, 4) is 6.07 Å². The number of amides is 2. The van der Waals surface area contributed by atoms with Gasteiger partial charge in [-0.1, -0.05) is 37.5 Å². The third-order valence-corrected chi connectivity index (χ3v) is 5.50. The lowest BCUT2D eigenvalue weighted by Gasteiger charge is -2.38. The third kappa shape index (κ3) is 4.45. The van der Waals surface area contributed by atoms with Crippen LogP contribution < -0.4 is 5.01 Å². The number of rotatable bonds is 5. The quantitative estimate of drug-likeness (QED) is 0.711. The van der Waals surface area contributed by atoms with Gasteiger partial charge in [-0.15, -0.1) is 0 Å². The zero-order valence-corrected chi connectivity index (χ0v) is 16.5. The van der Waals surface area contributed by atoms with Crippen LogP contribution in [0.3, 0.4) is 0 Å². The molecule has 0 saturated heterocycles. The average Bonchev–Trinajstić information content (AvgIpc) is 2.78. The van der Waals surface area contributed by atoms with E-state index in [1.807, 2.05) is 6.07 Å². The Kier molecular flexibility index (Phi) is 6.27. The molecule has 1 heterocycles. The molecule has 0 unspecified atom stereocenters. The molecule has 0 spiro atoms. The molecule has 1 fully saturated rings. The summed E-state index contributed by atoms with van der Waals surface area (Å²) in [6, 6.07) is 11.1. The fourth-order valence-electron chi connectivity index (χ4n) is 3.68. The predicted octanol–water partition coefficient (Wildman–Crippen LogP) is 2.40. The van der Waals surface area contributed by atoms with Gasteiger partial charge in [-0.2, -0.15) is 10.4 Å². The second-order valence-corrected chi connectivity index (χ2v) is 7.32. The van der Waals surface area contributed by atoms with Gasteiger partial charge >= 0.3 is 5.97 Å². The number of nitriles is 1. The van der Waals surface area contributed by atoms with Crippen molar-refractivity contribution in [2.24, 2.45) is 5.10 Å². The average molecular weight is 396 g/mol. The van der Waals surface area contributed by atoms with Gasteiger partial charge < -0.3 is 9.64 Å². The lowest BCUT2D eigenvalue weighted by molar-refractivity contribution is -0.149. The Labute approximate surface area is 169 Å². The first-order valence-corrected chi connectivity index (χ1v) is 9.77. The highest BCUT2D eigenvalue weighted by Crippen LogP contribution is 2.32. The Morgan fingerprint density at radius 2 is 1.90 bits per heavy atom. The number of esters is 1. The normalized spacial score (nSPS) is 18.4. The first-order valence-electron chi connectivity index (χ1n) is 9.77. The Balaban J connectivity index is 1.63. The summed E-state index contributed by atoms with van der Waals surface area (Å²) in [5.74, 6) is -1.36. The molecule has 0 atom stereocenters. The maximum absolute atomic E-state index is 12.5. The Morgan fingerprint density at radius 3 is 2.55 bits per heavy atom. The van der Waals surface area contributed by atoms with Crippen LogP contribution in [0.1, 0.15) is 44.9 Å². The van der Waals surface area contributed by atoms with E-state index in [2.05, 4.69) is 11.2 Å². The number of carbonyl (C=O) groups excluding carboxylic acids is 3. The van der Waals surface area contributed by atoms with Crippen molar-refractivity contribution in [2.45, 2.75) is 50.5 Å². The van der Waals surface area contributed by atoms with Crippen molar-refractivity contribution >= 4 is 29.2 Å². The molecular formula is C21H24N4O4. The third-order valence-electron chi connectivity index (χ3n) is 5.50. The molecule has 0 radical (unpaired) electrons. The van der Waals surface area contributed by atoms with Crippen LogP contribution in [-0.4, -0.2) is 47.6 Å². The molecule has 3 rings (SSSR count). The van der Waals surface area contributed by atoms with E-state index in [4.69, 9.17) is 4.74 Å². The molecule has 8 heteroatoms. The standard InChI is InChI=1S/C21H24N4O4/c1-24(21(15-22)12-6-3-7-13-21)19(27)14-29-20(28)17-10-11-18(26)25(23-17)16-8-4-2-5-9-16/h2,4-5,8-9H,3,6-7,10-14H2,1H3. The smallest absolute Gasteiger partial charge is 0.355 e. The second kappa shape index (κ2) is 8.86. The Morgan fingerprint density at radius 1 is 1.21 bits per heavy atom. The number of ether oxygens (including phenoxy) is 1. The van der Waals surface area contributed by atoms with Crippen LogP contribution in [-0.2, 0) is 19.1 Å². The molecule has 0 aromatic heterocycles. The van der Waals surface area contributed by atoms with Crippen molar-refractivity contribution < 1.29 is 19.1 Å². The summed E-state index contributed by atoms with van der Waals surface area (Å²) in [6.45, 7) is -0.461. The van der Waals surface area contributed by atoms with Crippen LogP contribution in [0.25, 0.3) is 0 Å². The number of nitrogens with zero attached hydrogens (tertiary/aromatic N) is 4. The van der Waals surface area contributed by atoms with Gasteiger partial charge in [0.2, 0.25) is 5.91 Å². The van der Waals surface area contributed by atoms with Gasteiger partial charge in [0, 0.05) is 19.9 Å². The molecule has 1 aromatic rings. The number of hydrogen-bond donors (Lipinski definition) is 0. The largest absolute Gasteiger partial charge is 0.451 e. The maximum Gasteiger partial charge on any atom is 0.355 e. The first kappa shape index (κ1) is 20.5. The summed E-state index contributed by atoms with van der Waals surface area (Å²) in [6.07, 6.45) is 4.38. The zero-order valence-electron chi connectivity index (χ0n) is 16.5. The molecule has 152 valence electrons. The van der Waals surface area contributed by atoms with Gasteiger partial charge in [0.1, 0.15) is 11.3 Å². The van der Waals surface area contributed by atoms with Crippen LogP contribution in [0.15, 0.2) is 35.4 Å². The van der Waals surface area contributed by atoms with Crippen molar-refractivity contribution in [3.05, 3.63) is 30.3 Å². The molecule has 1 aliphatic heterocycles. The maximum atomic E-state index is 12.5. The summed E-state index contributed by atoms with van der Waals surface area (Å²) in [4.78, 5) is 38.5. The van der Waals surface area contributed by atoms with Crippen LogP contribution in [0, 0.1) is 11.3 Å². The van der Waals surface area contributed by atoms with E-state index in [1.54, 1.807) is 31.3 Å². The highest BCUT2D eigenvalue weighted by atomic mass is 16.5. The molecule has 8 nitrogen and oxygen atoms in total. The van der Waals surface area contributed by atoms with Crippen LogP contribution in [0.5, 0.6) is 0 Å². The number of para-hydroxylation sites is 1. The molecule has 29 heavy (non-hydrogen) atoms. The number of likely N-dealkylation sites (N-methyl/N-ethyl adjacent to an activating group) is 1. The van der Waals surface area contributed by atoms with Gasteiger partial charge in [-0.25, -0.2) is 9.80 Å².